The summed E-state index contributed by atoms with van der Waals surface area (Å²) in [6.45, 7) is 11.0. The zero-order valence-electron chi connectivity index (χ0n) is 11.9. The Bertz CT molecular complexity index is 189. The number of rotatable bonds is 8. The van der Waals surface area contributed by atoms with Crippen LogP contribution >= 0.6 is 0 Å². The van der Waals surface area contributed by atoms with Crippen molar-refractivity contribution in [2.24, 2.45) is 5.41 Å². The van der Waals surface area contributed by atoms with E-state index in [-0.39, 0.29) is 0 Å². The maximum Gasteiger partial charge on any atom is 0.0590 e. The zero-order valence-corrected chi connectivity index (χ0v) is 11.9. The van der Waals surface area contributed by atoms with Gasteiger partial charge in [0.05, 0.1) is 6.61 Å². The van der Waals surface area contributed by atoms with Crippen molar-refractivity contribution >= 4 is 0 Å². The second-order valence-corrected chi connectivity index (χ2v) is 5.76. The van der Waals surface area contributed by atoms with Crippen LogP contribution in [0.2, 0.25) is 0 Å². The van der Waals surface area contributed by atoms with Crippen molar-refractivity contribution in [3.05, 3.63) is 0 Å². The van der Waals surface area contributed by atoms with E-state index in [1.54, 1.807) is 0 Å². The summed E-state index contributed by atoms with van der Waals surface area (Å²) in [5.41, 5.74) is 0.496. The second-order valence-electron chi connectivity index (χ2n) is 5.76. The van der Waals surface area contributed by atoms with E-state index in [4.69, 9.17) is 4.74 Å². The molecule has 1 aliphatic rings. The summed E-state index contributed by atoms with van der Waals surface area (Å²) < 4.78 is 5.54. The first-order valence-electron chi connectivity index (χ1n) is 7.13. The molecule has 0 radical (unpaired) electrons. The lowest BCUT2D eigenvalue weighted by molar-refractivity contribution is 0.116. The molecule has 0 aliphatic carbocycles. The van der Waals surface area contributed by atoms with Crippen molar-refractivity contribution in [2.75, 3.05) is 46.4 Å². The molecule has 1 aliphatic heterocycles. The third-order valence-electron chi connectivity index (χ3n) is 3.81. The molecular weight excluding hydrogens is 212 g/mol. The molecule has 0 spiro atoms. The van der Waals surface area contributed by atoms with Gasteiger partial charge in [-0.25, -0.2) is 0 Å². The van der Waals surface area contributed by atoms with Crippen LogP contribution < -0.4 is 5.32 Å². The Hall–Kier alpha value is -0.120. The molecule has 3 nitrogen and oxygen atoms in total. The average molecular weight is 242 g/mol. The highest BCUT2D eigenvalue weighted by Crippen LogP contribution is 2.29. The molecule has 0 amide bonds. The van der Waals surface area contributed by atoms with Crippen molar-refractivity contribution in [1.29, 1.82) is 0 Å². The highest BCUT2D eigenvalue weighted by Gasteiger charge is 2.27. The standard InChI is InChI=1S/C14H30N2O/c1-4-5-11-17-12-8-15-13-14(2)6-9-16(3)10-7-14/h15H,4-13H2,1-3H3. The topological polar surface area (TPSA) is 24.5 Å². The van der Waals surface area contributed by atoms with E-state index < -0.39 is 0 Å². The summed E-state index contributed by atoms with van der Waals surface area (Å²) in [6, 6.07) is 0. The number of unbranched alkanes of at least 4 members (excludes halogenated alkanes) is 1. The molecule has 0 bridgehead atoms. The number of piperidine rings is 1. The predicted octanol–water partition coefficient (Wildman–Crippen LogP) is 2.12. The molecule has 1 fully saturated rings. The Kier molecular flexibility index (Phi) is 7.09. The molecule has 0 aromatic rings. The lowest BCUT2D eigenvalue weighted by atomic mass is 9.80. The average Bonchev–Trinajstić information content (AvgIpc) is 2.32. The molecule has 1 rings (SSSR count). The summed E-state index contributed by atoms with van der Waals surface area (Å²) in [7, 11) is 2.22. The van der Waals surface area contributed by atoms with Gasteiger partial charge in [-0.1, -0.05) is 20.3 Å². The first-order valence-corrected chi connectivity index (χ1v) is 7.13. The maximum absolute atomic E-state index is 5.54. The van der Waals surface area contributed by atoms with Crippen molar-refractivity contribution in [3.8, 4) is 0 Å². The lowest BCUT2D eigenvalue weighted by Gasteiger charge is -2.38. The number of hydrogen-bond donors (Lipinski definition) is 1. The van der Waals surface area contributed by atoms with Gasteiger partial charge in [0, 0.05) is 19.7 Å². The van der Waals surface area contributed by atoms with Crippen LogP contribution in [0.4, 0.5) is 0 Å². The summed E-state index contributed by atoms with van der Waals surface area (Å²) in [4.78, 5) is 2.43. The fraction of sp³-hybridized carbons (Fsp3) is 1.00. The van der Waals surface area contributed by atoms with E-state index in [9.17, 15) is 0 Å². The zero-order chi connectivity index (χ0) is 12.6. The third-order valence-corrected chi connectivity index (χ3v) is 3.81. The van der Waals surface area contributed by atoms with Crippen molar-refractivity contribution in [2.45, 2.75) is 39.5 Å². The van der Waals surface area contributed by atoms with Crippen LogP contribution in [0.1, 0.15) is 39.5 Å². The van der Waals surface area contributed by atoms with Gasteiger partial charge in [0.25, 0.3) is 0 Å². The van der Waals surface area contributed by atoms with Crippen LogP contribution in [-0.2, 0) is 4.74 Å². The van der Waals surface area contributed by atoms with Crippen LogP contribution in [0, 0.1) is 5.41 Å². The molecule has 0 atom stereocenters. The molecule has 0 unspecified atom stereocenters. The fourth-order valence-corrected chi connectivity index (χ4v) is 2.22. The number of hydrogen-bond acceptors (Lipinski definition) is 3. The van der Waals surface area contributed by atoms with Gasteiger partial charge < -0.3 is 15.0 Å². The number of ether oxygens (including phenoxy) is 1. The van der Waals surface area contributed by atoms with Gasteiger partial charge in [-0.2, -0.15) is 0 Å². The largest absolute Gasteiger partial charge is 0.380 e. The summed E-state index contributed by atoms with van der Waals surface area (Å²) in [5.74, 6) is 0. The number of likely N-dealkylation sites (tertiary alicyclic amines) is 1. The number of nitrogens with one attached hydrogen (secondary N) is 1. The van der Waals surface area contributed by atoms with Crippen LogP contribution in [0.25, 0.3) is 0 Å². The molecule has 102 valence electrons. The quantitative estimate of drug-likeness (QED) is 0.660. The van der Waals surface area contributed by atoms with Crippen molar-refractivity contribution in [1.82, 2.24) is 10.2 Å². The molecule has 17 heavy (non-hydrogen) atoms. The summed E-state index contributed by atoms with van der Waals surface area (Å²) in [5, 5.41) is 3.54. The first kappa shape index (κ1) is 14.9. The van der Waals surface area contributed by atoms with Crippen LogP contribution in [0.15, 0.2) is 0 Å². The van der Waals surface area contributed by atoms with Gasteiger partial charge in [-0.15, -0.1) is 0 Å². The van der Waals surface area contributed by atoms with E-state index in [1.807, 2.05) is 0 Å². The van der Waals surface area contributed by atoms with Gasteiger partial charge >= 0.3 is 0 Å². The molecule has 1 heterocycles. The van der Waals surface area contributed by atoms with E-state index in [0.717, 1.165) is 26.3 Å². The van der Waals surface area contributed by atoms with E-state index in [0.29, 0.717) is 5.41 Å². The molecule has 0 aromatic carbocycles. The normalized spacial score (nSPS) is 20.6. The van der Waals surface area contributed by atoms with Gasteiger partial charge in [-0.05, 0) is 44.8 Å². The summed E-state index contributed by atoms with van der Waals surface area (Å²) >= 11 is 0. The minimum Gasteiger partial charge on any atom is -0.380 e. The van der Waals surface area contributed by atoms with Gasteiger partial charge in [0.2, 0.25) is 0 Å². The monoisotopic (exact) mass is 242 g/mol. The smallest absolute Gasteiger partial charge is 0.0590 e. The van der Waals surface area contributed by atoms with Gasteiger partial charge in [0.15, 0.2) is 0 Å². The Morgan fingerprint density at radius 3 is 2.59 bits per heavy atom. The Balaban J connectivity index is 1.98. The van der Waals surface area contributed by atoms with E-state index in [2.05, 4.69) is 31.1 Å². The maximum atomic E-state index is 5.54. The lowest BCUT2D eigenvalue weighted by Crippen LogP contribution is -2.42. The molecular formula is C14H30N2O. The van der Waals surface area contributed by atoms with Crippen LogP contribution in [-0.4, -0.2) is 51.3 Å². The molecule has 0 aromatic heterocycles. The van der Waals surface area contributed by atoms with E-state index >= 15 is 0 Å². The summed E-state index contributed by atoms with van der Waals surface area (Å²) in [6.07, 6.45) is 5.03. The highest BCUT2D eigenvalue weighted by molar-refractivity contribution is 4.83. The SMILES string of the molecule is CCCCOCCNCC1(C)CCN(C)CC1. The molecule has 3 heteroatoms. The second kappa shape index (κ2) is 8.06. The van der Waals surface area contributed by atoms with Crippen LogP contribution in [0.5, 0.6) is 0 Å². The number of nitrogens with zero attached hydrogens (tertiary/aromatic N) is 1. The third kappa shape index (κ3) is 6.39. The Morgan fingerprint density at radius 1 is 1.24 bits per heavy atom. The first-order chi connectivity index (χ1) is 8.16. The van der Waals surface area contributed by atoms with Crippen LogP contribution in [0.3, 0.4) is 0 Å². The van der Waals surface area contributed by atoms with Gasteiger partial charge in [-0.3, -0.25) is 0 Å². The molecule has 0 saturated carbocycles. The fourth-order valence-electron chi connectivity index (χ4n) is 2.22. The molecule has 1 N–H and O–H groups in total. The molecule has 1 saturated heterocycles. The highest BCUT2D eigenvalue weighted by atomic mass is 16.5. The Labute approximate surface area is 107 Å². The van der Waals surface area contributed by atoms with E-state index in [1.165, 1.54) is 38.8 Å². The minimum absolute atomic E-state index is 0.496. The minimum atomic E-state index is 0.496. The van der Waals surface area contributed by atoms with Crippen molar-refractivity contribution < 1.29 is 4.74 Å². The van der Waals surface area contributed by atoms with Gasteiger partial charge in [0.1, 0.15) is 0 Å². The Morgan fingerprint density at radius 2 is 1.94 bits per heavy atom. The van der Waals surface area contributed by atoms with Crippen molar-refractivity contribution in [3.63, 3.8) is 0 Å². The predicted molar refractivity (Wildman–Crippen MR) is 73.4 cm³/mol.